The normalized spacial score (nSPS) is 23.8. The van der Waals surface area contributed by atoms with Crippen molar-refractivity contribution >= 4 is 38.6 Å². The molecule has 0 aliphatic carbocycles. The number of carbonyl (C=O) groups excluding carboxylic acids is 1. The summed E-state index contributed by atoms with van der Waals surface area (Å²) in [5.41, 5.74) is 0. The van der Waals surface area contributed by atoms with Crippen LogP contribution in [0, 0.1) is 15.4 Å². The molecule has 0 spiro atoms. The first-order valence-electron chi connectivity index (χ1n) is 6.20. The van der Waals surface area contributed by atoms with Gasteiger partial charge in [0, 0.05) is 16.7 Å². The Bertz CT molecular complexity index is 599. The molecule has 1 aliphatic heterocycles. The largest absolute Gasteiger partial charge is 0.469 e. The van der Waals surface area contributed by atoms with E-state index in [1.807, 2.05) is 6.92 Å². The fraction of sp³-hybridized carbons (Fsp3) is 0.462. The third kappa shape index (κ3) is 2.99. The third-order valence-corrected chi connectivity index (χ3v) is 6.10. The summed E-state index contributed by atoms with van der Waals surface area (Å²) in [5.74, 6) is -0.780. The van der Waals surface area contributed by atoms with Crippen molar-refractivity contribution in [3.8, 4) is 0 Å². The van der Waals surface area contributed by atoms with Crippen LogP contribution in [0.4, 0.5) is 0 Å². The van der Waals surface area contributed by atoms with E-state index in [1.54, 1.807) is 24.3 Å². The van der Waals surface area contributed by atoms with Gasteiger partial charge in [-0.2, -0.15) is 4.31 Å². The molecule has 7 heteroatoms. The minimum absolute atomic E-state index is 0.0407. The van der Waals surface area contributed by atoms with E-state index in [0.717, 1.165) is 3.57 Å². The Balaban J connectivity index is 2.24. The molecule has 1 aromatic rings. The van der Waals surface area contributed by atoms with Gasteiger partial charge in [0.2, 0.25) is 10.0 Å². The van der Waals surface area contributed by atoms with Crippen molar-refractivity contribution in [2.24, 2.45) is 11.8 Å². The zero-order valence-corrected chi connectivity index (χ0v) is 14.2. The highest BCUT2D eigenvalue weighted by atomic mass is 127. The van der Waals surface area contributed by atoms with Gasteiger partial charge in [0.1, 0.15) is 0 Å². The maximum Gasteiger partial charge on any atom is 0.310 e. The zero-order chi connectivity index (χ0) is 14.9. The topological polar surface area (TPSA) is 63.7 Å². The molecular formula is C13H16INO4S. The first-order valence-corrected chi connectivity index (χ1v) is 8.71. The van der Waals surface area contributed by atoms with Gasteiger partial charge in [-0.3, -0.25) is 4.79 Å². The number of halogens is 1. The number of nitrogens with zero attached hydrogens (tertiary/aromatic N) is 1. The fourth-order valence-corrected chi connectivity index (χ4v) is 4.26. The monoisotopic (exact) mass is 409 g/mol. The number of hydrogen-bond donors (Lipinski definition) is 0. The highest BCUT2D eigenvalue weighted by molar-refractivity contribution is 14.1. The number of rotatable bonds is 3. The number of hydrogen-bond acceptors (Lipinski definition) is 4. The Hall–Kier alpha value is -0.670. The van der Waals surface area contributed by atoms with Gasteiger partial charge in [0.15, 0.2) is 0 Å². The standard InChI is InChI=1S/C13H16INO4S/c1-9-7-15(8-12(9)13(16)19-2)20(17,18)11-5-3-10(14)4-6-11/h3-6,9,12H,7-8H2,1-2H3. The molecule has 0 N–H and O–H groups in total. The van der Waals surface area contributed by atoms with Crippen LogP contribution in [-0.4, -0.2) is 38.9 Å². The van der Waals surface area contributed by atoms with Crippen molar-refractivity contribution in [1.82, 2.24) is 4.31 Å². The molecule has 110 valence electrons. The molecule has 1 aliphatic rings. The van der Waals surface area contributed by atoms with Crippen LogP contribution in [0.5, 0.6) is 0 Å². The van der Waals surface area contributed by atoms with E-state index in [0.29, 0.717) is 6.54 Å². The molecule has 0 aromatic heterocycles. The van der Waals surface area contributed by atoms with Gasteiger partial charge < -0.3 is 4.74 Å². The smallest absolute Gasteiger partial charge is 0.310 e. The van der Waals surface area contributed by atoms with Gasteiger partial charge >= 0.3 is 5.97 Å². The molecule has 1 aromatic carbocycles. The van der Waals surface area contributed by atoms with Crippen LogP contribution in [0.1, 0.15) is 6.92 Å². The summed E-state index contributed by atoms with van der Waals surface area (Å²) in [6, 6.07) is 6.69. The Labute approximate surface area is 132 Å². The minimum atomic E-state index is -3.54. The van der Waals surface area contributed by atoms with E-state index in [-0.39, 0.29) is 23.3 Å². The Morgan fingerprint density at radius 3 is 2.45 bits per heavy atom. The quantitative estimate of drug-likeness (QED) is 0.564. The lowest BCUT2D eigenvalue weighted by Gasteiger charge is -2.16. The lowest BCUT2D eigenvalue weighted by atomic mass is 9.99. The second-order valence-corrected chi connectivity index (χ2v) is 8.07. The lowest BCUT2D eigenvalue weighted by molar-refractivity contribution is -0.145. The van der Waals surface area contributed by atoms with Crippen LogP contribution in [0.3, 0.4) is 0 Å². The predicted molar refractivity (Wildman–Crippen MR) is 82.6 cm³/mol. The Morgan fingerprint density at radius 2 is 1.90 bits per heavy atom. The summed E-state index contributed by atoms with van der Waals surface area (Å²) >= 11 is 2.12. The van der Waals surface area contributed by atoms with E-state index in [1.165, 1.54) is 11.4 Å². The summed E-state index contributed by atoms with van der Waals surface area (Å²) in [6.45, 7) is 2.39. The van der Waals surface area contributed by atoms with Gasteiger partial charge in [-0.1, -0.05) is 6.92 Å². The second-order valence-electron chi connectivity index (χ2n) is 4.88. The molecule has 5 nitrogen and oxygen atoms in total. The van der Waals surface area contributed by atoms with E-state index < -0.39 is 15.9 Å². The van der Waals surface area contributed by atoms with Crippen LogP contribution in [0.15, 0.2) is 29.2 Å². The molecule has 2 unspecified atom stereocenters. The molecule has 20 heavy (non-hydrogen) atoms. The molecule has 1 heterocycles. The van der Waals surface area contributed by atoms with E-state index in [2.05, 4.69) is 22.6 Å². The Morgan fingerprint density at radius 1 is 1.30 bits per heavy atom. The minimum Gasteiger partial charge on any atom is -0.469 e. The molecule has 0 amide bonds. The number of methoxy groups -OCH3 is 1. The highest BCUT2D eigenvalue weighted by Crippen LogP contribution is 2.29. The maximum absolute atomic E-state index is 12.5. The molecule has 0 saturated carbocycles. The summed E-state index contributed by atoms with van der Waals surface area (Å²) in [7, 11) is -2.22. The average molecular weight is 409 g/mol. The summed E-state index contributed by atoms with van der Waals surface area (Å²) in [4.78, 5) is 11.9. The number of ether oxygens (including phenoxy) is 1. The molecule has 1 saturated heterocycles. The van der Waals surface area contributed by atoms with E-state index in [9.17, 15) is 13.2 Å². The van der Waals surface area contributed by atoms with Gasteiger partial charge in [0.25, 0.3) is 0 Å². The van der Waals surface area contributed by atoms with Crippen LogP contribution in [0.2, 0.25) is 0 Å². The van der Waals surface area contributed by atoms with Gasteiger partial charge in [-0.05, 0) is 52.8 Å². The third-order valence-electron chi connectivity index (χ3n) is 3.53. The lowest BCUT2D eigenvalue weighted by Crippen LogP contribution is -2.30. The van der Waals surface area contributed by atoms with Crippen molar-refractivity contribution in [3.05, 3.63) is 27.8 Å². The predicted octanol–water partition coefficient (Wildman–Crippen LogP) is 1.72. The maximum atomic E-state index is 12.5. The average Bonchev–Trinajstić information content (AvgIpc) is 2.81. The van der Waals surface area contributed by atoms with Crippen molar-refractivity contribution in [2.75, 3.05) is 20.2 Å². The molecule has 0 radical (unpaired) electrons. The molecule has 2 atom stereocenters. The van der Waals surface area contributed by atoms with Crippen molar-refractivity contribution in [2.45, 2.75) is 11.8 Å². The summed E-state index contributed by atoms with van der Waals surface area (Å²) in [5, 5.41) is 0. The summed E-state index contributed by atoms with van der Waals surface area (Å²) < 4.78 is 32.1. The van der Waals surface area contributed by atoms with Crippen molar-refractivity contribution < 1.29 is 17.9 Å². The SMILES string of the molecule is COC(=O)C1CN(S(=O)(=O)c2ccc(I)cc2)CC1C. The molecular weight excluding hydrogens is 393 g/mol. The summed E-state index contributed by atoms with van der Waals surface area (Å²) in [6.07, 6.45) is 0. The number of sulfonamides is 1. The molecule has 0 bridgehead atoms. The first kappa shape index (κ1) is 15.7. The van der Waals surface area contributed by atoms with Gasteiger partial charge in [-0.25, -0.2) is 8.42 Å². The van der Waals surface area contributed by atoms with Gasteiger partial charge in [0.05, 0.1) is 17.9 Å². The number of esters is 1. The van der Waals surface area contributed by atoms with Crippen LogP contribution in [0.25, 0.3) is 0 Å². The zero-order valence-electron chi connectivity index (χ0n) is 11.2. The van der Waals surface area contributed by atoms with Crippen molar-refractivity contribution in [3.63, 3.8) is 0 Å². The molecule has 2 rings (SSSR count). The van der Waals surface area contributed by atoms with Crippen LogP contribution < -0.4 is 0 Å². The number of benzene rings is 1. The number of carbonyl (C=O) groups is 1. The van der Waals surface area contributed by atoms with Gasteiger partial charge in [-0.15, -0.1) is 0 Å². The first-order chi connectivity index (χ1) is 9.36. The molecule has 1 fully saturated rings. The fourth-order valence-electron chi connectivity index (χ4n) is 2.33. The highest BCUT2D eigenvalue weighted by Gasteiger charge is 2.41. The van der Waals surface area contributed by atoms with E-state index in [4.69, 9.17) is 4.74 Å². The van der Waals surface area contributed by atoms with Crippen molar-refractivity contribution in [1.29, 1.82) is 0 Å². The van der Waals surface area contributed by atoms with Crippen LogP contribution in [-0.2, 0) is 19.6 Å². The van der Waals surface area contributed by atoms with E-state index >= 15 is 0 Å². The van der Waals surface area contributed by atoms with Crippen LogP contribution >= 0.6 is 22.6 Å². The second kappa shape index (κ2) is 5.98. The Kier molecular flexibility index (Phi) is 4.70.